The Morgan fingerprint density at radius 1 is 1.09 bits per heavy atom. The van der Waals surface area contributed by atoms with E-state index in [0.717, 1.165) is 5.65 Å². The molecule has 0 atom stereocenters. The summed E-state index contributed by atoms with van der Waals surface area (Å²) in [6, 6.07) is 11.4. The van der Waals surface area contributed by atoms with Crippen LogP contribution in [0.3, 0.4) is 0 Å². The Morgan fingerprint density at radius 3 is 2.43 bits per heavy atom. The fourth-order valence-corrected chi connectivity index (χ4v) is 2.39. The first-order chi connectivity index (χ1) is 10.8. The number of aryl methyl sites for hydroxylation is 1. The molecule has 0 spiro atoms. The van der Waals surface area contributed by atoms with Crippen molar-refractivity contribution in [3.63, 3.8) is 0 Å². The summed E-state index contributed by atoms with van der Waals surface area (Å²) in [5, 5.41) is 7.14. The van der Waals surface area contributed by atoms with E-state index in [0.29, 0.717) is 17.1 Å². The average molecular weight is 308 g/mol. The smallest absolute Gasteiger partial charge is 0.255 e. The monoisotopic (exact) mass is 308 g/mol. The summed E-state index contributed by atoms with van der Waals surface area (Å²) in [6.07, 6.45) is 1.76. The van der Waals surface area contributed by atoms with Crippen LogP contribution in [0.5, 0.6) is 0 Å². The first kappa shape index (κ1) is 15.2. The molecule has 0 unspecified atom stereocenters. The van der Waals surface area contributed by atoms with Crippen molar-refractivity contribution in [2.45, 2.75) is 33.1 Å². The third-order valence-electron chi connectivity index (χ3n) is 3.71. The number of nitrogens with zero attached hydrogens (tertiary/aromatic N) is 3. The van der Waals surface area contributed by atoms with E-state index in [4.69, 9.17) is 0 Å². The molecule has 23 heavy (non-hydrogen) atoms. The molecule has 2 aromatic heterocycles. The number of hydrogen-bond acceptors (Lipinski definition) is 3. The van der Waals surface area contributed by atoms with Crippen LogP contribution >= 0.6 is 0 Å². The molecule has 1 N–H and O–H groups in total. The Hall–Kier alpha value is -2.69. The van der Waals surface area contributed by atoms with E-state index < -0.39 is 0 Å². The van der Waals surface area contributed by atoms with Gasteiger partial charge in [-0.3, -0.25) is 4.79 Å². The van der Waals surface area contributed by atoms with E-state index in [2.05, 4.69) is 36.2 Å². The molecule has 0 radical (unpaired) electrons. The van der Waals surface area contributed by atoms with Gasteiger partial charge in [-0.15, -0.1) is 0 Å². The number of aromatic nitrogens is 3. The second kappa shape index (κ2) is 5.50. The summed E-state index contributed by atoms with van der Waals surface area (Å²) in [7, 11) is 0. The SMILES string of the molecule is Cc1nc2ccc(NC(=O)c3ccc(C(C)(C)C)cc3)cn2n1. The third-order valence-corrected chi connectivity index (χ3v) is 3.71. The largest absolute Gasteiger partial charge is 0.321 e. The number of anilines is 1. The predicted octanol–water partition coefficient (Wildman–Crippen LogP) is 3.59. The van der Waals surface area contributed by atoms with E-state index in [-0.39, 0.29) is 11.3 Å². The highest BCUT2D eigenvalue weighted by atomic mass is 16.1. The van der Waals surface area contributed by atoms with Gasteiger partial charge in [-0.1, -0.05) is 32.9 Å². The van der Waals surface area contributed by atoms with Crippen LogP contribution in [0.15, 0.2) is 42.6 Å². The summed E-state index contributed by atoms with van der Waals surface area (Å²) in [6.45, 7) is 8.29. The standard InChI is InChI=1S/C18H20N4O/c1-12-19-16-10-9-15(11-22(16)21-12)20-17(23)13-5-7-14(8-6-13)18(2,3)4/h5-11H,1-4H3,(H,20,23). The van der Waals surface area contributed by atoms with Crippen molar-refractivity contribution < 1.29 is 4.79 Å². The molecule has 1 aromatic carbocycles. The molecule has 3 aromatic rings. The second-order valence-corrected chi connectivity index (χ2v) is 6.66. The number of rotatable bonds is 2. The Bertz CT molecular complexity index is 857. The van der Waals surface area contributed by atoms with E-state index in [1.807, 2.05) is 43.3 Å². The van der Waals surface area contributed by atoms with Crippen LogP contribution in [-0.4, -0.2) is 20.5 Å². The van der Waals surface area contributed by atoms with Crippen molar-refractivity contribution in [3.8, 4) is 0 Å². The Labute approximate surface area is 135 Å². The fourth-order valence-electron chi connectivity index (χ4n) is 2.39. The van der Waals surface area contributed by atoms with Crippen molar-refractivity contribution in [2.24, 2.45) is 0 Å². The minimum atomic E-state index is -0.137. The van der Waals surface area contributed by atoms with Gasteiger partial charge in [-0.2, -0.15) is 5.10 Å². The van der Waals surface area contributed by atoms with Crippen molar-refractivity contribution in [1.82, 2.24) is 14.6 Å². The highest BCUT2D eigenvalue weighted by Gasteiger charge is 2.14. The molecule has 0 fully saturated rings. The molecule has 0 aliphatic heterocycles. The lowest BCUT2D eigenvalue weighted by atomic mass is 9.87. The quantitative estimate of drug-likeness (QED) is 0.787. The zero-order chi connectivity index (χ0) is 16.6. The lowest BCUT2D eigenvalue weighted by Crippen LogP contribution is -2.14. The second-order valence-electron chi connectivity index (χ2n) is 6.66. The topological polar surface area (TPSA) is 59.3 Å². The fraction of sp³-hybridized carbons (Fsp3) is 0.278. The number of carbonyl (C=O) groups is 1. The summed E-state index contributed by atoms with van der Waals surface area (Å²) in [5.74, 6) is 0.563. The third kappa shape index (κ3) is 3.23. The van der Waals surface area contributed by atoms with Crippen LogP contribution in [0.2, 0.25) is 0 Å². The van der Waals surface area contributed by atoms with Crippen LogP contribution in [0.1, 0.15) is 42.5 Å². The molecule has 1 amide bonds. The van der Waals surface area contributed by atoms with Gasteiger partial charge in [0.1, 0.15) is 5.82 Å². The van der Waals surface area contributed by atoms with Crippen LogP contribution in [0.25, 0.3) is 5.65 Å². The minimum absolute atomic E-state index is 0.0744. The van der Waals surface area contributed by atoms with Gasteiger partial charge in [0.15, 0.2) is 5.65 Å². The summed E-state index contributed by atoms with van der Waals surface area (Å²) in [4.78, 5) is 16.6. The molecular weight excluding hydrogens is 288 g/mol. The van der Waals surface area contributed by atoms with Gasteiger partial charge in [0.25, 0.3) is 5.91 Å². The number of nitrogens with one attached hydrogen (secondary N) is 1. The highest BCUT2D eigenvalue weighted by molar-refractivity contribution is 6.04. The summed E-state index contributed by atoms with van der Waals surface area (Å²) >= 11 is 0. The van der Waals surface area contributed by atoms with Gasteiger partial charge in [0.2, 0.25) is 0 Å². The maximum Gasteiger partial charge on any atom is 0.255 e. The molecule has 0 saturated carbocycles. The Morgan fingerprint density at radius 2 is 1.78 bits per heavy atom. The lowest BCUT2D eigenvalue weighted by molar-refractivity contribution is 0.102. The number of fused-ring (bicyclic) bond motifs is 1. The summed E-state index contributed by atoms with van der Waals surface area (Å²) < 4.78 is 1.66. The molecule has 0 aliphatic rings. The van der Waals surface area contributed by atoms with Crippen LogP contribution < -0.4 is 5.32 Å². The van der Waals surface area contributed by atoms with E-state index in [9.17, 15) is 4.79 Å². The number of benzene rings is 1. The van der Waals surface area contributed by atoms with Crippen LogP contribution in [0.4, 0.5) is 5.69 Å². The van der Waals surface area contributed by atoms with E-state index >= 15 is 0 Å². The zero-order valence-corrected chi connectivity index (χ0v) is 13.8. The van der Waals surface area contributed by atoms with Gasteiger partial charge in [0.05, 0.1) is 11.9 Å². The number of pyridine rings is 1. The average Bonchev–Trinajstić information content (AvgIpc) is 2.86. The lowest BCUT2D eigenvalue weighted by Gasteiger charge is -2.19. The molecule has 2 heterocycles. The van der Waals surface area contributed by atoms with Gasteiger partial charge in [0, 0.05) is 5.56 Å². The van der Waals surface area contributed by atoms with Crippen LogP contribution in [-0.2, 0) is 5.41 Å². The molecule has 0 saturated heterocycles. The van der Waals surface area contributed by atoms with Crippen molar-refractivity contribution in [3.05, 3.63) is 59.5 Å². The van der Waals surface area contributed by atoms with Crippen molar-refractivity contribution in [1.29, 1.82) is 0 Å². The molecular formula is C18H20N4O. The molecule has 0 aliphatic carbocycles. The predicted molar refractivity (Wildman–Crippen MR) is 90.8 cm³/mol. The highest BCUT2D eigenvalue weighted by Crippen LogP contribution is 2.22. The zero-order valence-electron chi connectivity index (χ0n) is 13.8. The molecule has 5 heteroatoms. The van der Waals surface area contributed by atoms with E-state index in [1.165, 1.54) is 5.56 Å². The van der Waals surface area contributed by atoms with E-state index in [1.54, 1.807) is 10.7 Å². The molecule has 0 bridgehead atoms. The first-order valence-electron chi connectivity index (χ1n) is 7.58. The van der Waals surface area contributed by atoms with Gasteiger partial charge < -0.3 is 5.32 Å². The normalized spacial score (nSPS) is 11.7. The van der Waals surface area contributed by atoms with Crippen molar-refractivity contribution >= 4 is 17.2 Å². The maximum absolute atomic E-state index is 12.4. The van der Waals surface area contributed by atoms with Gasteiger partial charge >= 0.3 is 0 Å². The Kier molecular flexibility index (Phi) is 3.64. The summed E-state index contributed by atoms with van der Waals surface area (Å²) in [5.41, 5.74) is 3.36. The first-order valence-corrected chi connectivity index (χ1v) is 7.58. The number of carbonyl (C=O) groups excluding carboxylic acids is 1. The molecule has 3 rings (SSSR count). The Balaban J connectivity index is 1.79. The number of amides is 1. The van der Waals surface area contributed by atoms with Gasteiger partial charge in [-0.05, 0) is 42.2 Å². The van der Waals surface area contributed by atoms with Crippen LogP contribution in [0, 0.1) is 6.92 Å². The molecule has 118 valence electrons. The maximum atomic E-state index is 12.4. The van der Waals surface area contributed by atoms with Gasteiger partial charge in [-0.25, -0.2) is 9.50 Å². The molecule has 5 nitrogen and oxygen atoms in total. The number of hydrogen-bond donors (Lipinski definition) is 1. The minimum Gasteiger partial charge on any atom is -0.321 e. The van der Waals surface area contributed by atoms with Crippen molar-refractivity contribution in [2.75, 3.05) is 5.32 Å².